The fourth-order valence-corrected chi connectivity index (χ4v) is 5.17. The van der Waals surface area contributed by atoms with E-state index < -0.39 is 30.0 Å². The molecule has 0 saturated carbocycles. The number of hydrogen-bond donors (Lipinski definition) is 1. The summed E-state index contributed by atoms with van der Waals surface area (Å²) in [4.78, 5) is 24.9. The second-order valence-corrected chi connectivity index (χ2v) is 9.84. The van der Waals surface area contributed by atoms with Crippen molar-refractivity contribution in [2.45, 2.75) is 32.9 Å². The Morgan fingerprint density at radius 2 is 1.64 bits per heavy atom. The molecule has 0 fully saturated rings. The number of benzene rings is 3. The summed E-state index contributed by atoms with van der Waals surface area (Å²) < 4.78 is 50.1. The first-order valence-corrected chi connectivity index (χ1v) is 12.4. The minimum absolute atomic E-state index is 0.00134. The summed E-state index contributed by atoms with van der Waals surface area (Å²) in [7, 11) is 0. The summed E-state index contributed by atoms with van der Waals surface area (Å²) >= 11 is 18.6. The molecule has 204 valence electrons. The monoisotopic (exact) mass is 599 g/mol. The number of ketones is 1. The van der Waals surface area contributed by atoms with Gasteiger partial charge in [-0.25, -0.2) is 4.79 Å². The van der Waals surface area contributed by atoms with Crippen molar-refractivity contribution in [3.8, 4) is 11.5 Å². The molecule has 0 aliphatic carbocycles. The van der Waals surface area contributed by atoms with Crippen LogP contribution in [0.4, 0.5) is 13.2 Å². The minimum atomic E-state index is -4.92. The van der Waals surface area contributed by atoms with Crippen molar-refractivity contribution in [1.29, 1.82) is 0 Å². The summed E-state index contributed by atoms with van der Waals surface area (Å²) in [6.45, 7) is 3.12. The fourth-order valence-electron chi connectivity index (χ4n) is 4.18. The second kappa shape index (κ2) is 11.0. The number of nitrogens with zero attached hydrogens (tertiary/aromatic N) is 1. The van der Waals surface area contributed by atoms with Crippen molar-refractivity contribution in [3.05, 3.63) is 92.0 Å². The molecule has 0 amide bonds. The highest BCUT2D eigenvalue weighted by Crippen LogP contribution is 2.37. The van der Waals surface area contributed by atoms with Crippen LogP contribution in [0, 0.1) is 6.92 Å². The number of aromatic nitrogens is 1. The van der Waals surface area contributed by atoms with Gasteiger partial charge in [-0.3, -0.25) is 4.79 Å². The highest BCUT2D eigenvalue weighted by atomic mass is 35.5. The summed E-state index contributed by atoms with van der Waals surface area (Å²) in [5, 5.41) is 9.75. The molecular weight excluding hydrogens is 582 g/mol. The topological polar surface area (TPSA) is 77.8 Å². The van der Waals surface area contributed by atoms with Gasteiger partial charge < -0.3 is 19.1 Å². The zero-order valence-corrected chi connectivity index (χ0v) is 22.5. The van der Waals surface area contributed by atoms with Crippen LogP contribution in [0.3, 0.4) is 0 Å². The average molecular weight is 601 g/mol. The highest BCUT2D eigenvalue weighted by molar-refractivity contribution is 6.43. The molecule has 6 nitrogen and oxygen atoms in total. The number of hydrogen-bond acceptors (Lipinski definition) is 4. The lowest BCUT2D eigenvalue weighted by Crippen LogP contribution is -2.22. The molecule has 0 spiro atoms. The maximum Gasteiger partial charge on any atom is 0.573 e. The van der Waals surface area contributed by atoms with Crippen LogP contribution in [0.5, 0.6) is 11.5 Å². The molecular formula is C27H19Cl3F3NO5. The third kappa shape index (κ3) is 6.27. The summed E-state index contributed by atoms with van der Waals surface area (Å²) in [6, 6.07) is 13.0. The number of alkyl halides is 3. The van der Waals surface area contributed by atoms with Crippen LogP contribution in [-0.2, 0) is 11.3 Å². The predicted molar refractivity (Wildman–Crippen MR) is 142 cm³/mol. The van der Waals surface area contributed by atoms with Crippen molar-refractivity contribution in [2.24, 2.45) is 0 Å². The Balaban J connectivity index is 1.86. The number of carbonyl (C=O) groups is 2. The average Bonchev–Trinajstić information content (AvgIpc) is 3.08. The largest absolute Gasteiger partial charge is 0.573 e. The lowest BCUT2D eigenvalue weighted by atomic mass is 10.00. The minimum Gasteiger partial charge on any atom is -0.479 e. The normalized spacial score (nSPS) is 12.4. The van der Waals surface area contributed by atoms with Gasteiger partial charge in [-0.15, -0.1) is 13.2 Å². The number of ether oxygens (including phenoxy) is 2. The van der Waals surface area contributed by atoms with E-state index in [2.05, 4.69) is 4.74 Å². The Kier molecular flexibility index (Phi) is 8.07. The Morgan fingerprint density at radius 3 is 2.26 bits per heavy atom. The van der Waals surface area contributed by atoms with E-state index >= 15 is 0 Å². The number of carboxylic acids is 1. The molecule has 3 aromatic carbocycles. The van der Waals surface area contributed by atoms with Crippen LogP contribution in [0.25, 0.3) is 10.9 Å². The number of carboxylic acid groups (broad SMARTS) is 1. The molecule has 1 aromatic heterocycles. The van der Waals surface area contributed by atoms with Crippen LogP contribution in [0.2, 0.25) is 15.1 Å². The van der Waals surface area contributed by atoms with Crippen LogP contribution in [0.1, 0.15) is 34.1 Å². The Bertz CT molecular complexity index is 1580. The van der Waals surface area contributed by atoms with Crippen LogP contribution in [-0.4, -0.2) is 33.9 Å². The lowest BCUT2D eigenvalue weighted by Gasteiger charge is -2.14. The van der Waals surface area contributed by atoms with E-state index in [4.69, 9.17) is 44.6 Å². The number of fused-ring (bicyclic) bond motifs is 1. The third-order valence-corrected chi connectivity index (χ3v) is 6.70. The van der Waals surface area contributed by atoms with Gasteiger partial charge in [-0.2, -0.15) is 0 Å². The number of carbonyl (C=O) groups excluding carboxylic acids is 1. The van der Waals surface area contributed by atoms with E-state index in [0.29, 0.717) is 16.6 Å². The Morgan fingerprint density at radius 1 is 0.974 bits per heavy atom. The predicted octanol–water partition coefficient (Wildman–Crippen LogP) is 7.94. The number of rotatable bonds is 8. The molecule has 1 atom stereocenters. The highest BCUT2D eigenvalue weighted by Gasteiger charge is 2.32. The smallest absolute Gasteiger partial charge is 0.479 e. The molecule has 39 heavy (non-hydrogen) atoms. The molecule has 4 aromatic rings. The summed E-state index contributed by atoms with van der Waals surface area (Å²) in [6.07, 6.45) is -6.02. The molecule has 0 aliphatic heterocycles. The van der Waals surface area contributed by atoms with Crippen molar-refractivity contribution in [3.63, 3.8) is 0 Å². The molecule has 0 saturated heterocycles. The summed E-state index contributed by atoms with van der Waals surface area (Å²) in [5.74, 6) is -1.87. The molecule has 1 N–H and O–H groups in total. The van der Waals surface area contributed by atoms with Gasteiger partial charge in [-0.05, 0) is 55.8 Å². The summed E-state index contributed by atoms with van der Waals surface area (Å²) in [5.41, 5.74) is 1.52. The van der Waals surface area contributed by atoms with Crippen molar-refractivity contribution >= 4 is 57.5 Å². The molecule has 12 heteroatoms. The SMILES string of the molecule is Cc1c(C(=O)c2c(Cl)cc(Cl)cc2Cl)c2ccc(OC(F)(F)F)cc2n1Cc1cccc(OC(C)C(=O)O)c1. The van der Waals surface area contributed by atoms with E-state index in [1.807, 2.05) is 0 Å². The van der Waals surface area contributed by atoms with Gasteiger partial charge in [0.15, 0.2) is 11.9 Å². The fraction of sp³-hybridized carbons (Fsp3) is 0.185. The van der Waals surface area contributed by atoms with Gasteiger partial charge in [0.1, 0.15) is 11.5 Å². The number of aliphatic carboxylic acids is 1. The zero-order chi connectivity index (χ0) is 28.6. The molecule has 0 aliphatic rings. The first kappa shape index (κ1) is 28.6. The maximum atomic E-state index is 13.7. The lowest BCUT2D eigenvalue weighted by molar-refractivity contribution is -0.274. The number of halogens is 6. The van der Waals surface area contributed by atoms with E-state index in [0.717, 1.165) is 6.07 Å². The molecule has 1 unspecified atom stereocenters. The van der Waals surface area contributed by atoms with Gasteiger partial charge in [0.25, 0.3) is 0 Å². The Hall–Kier alpha value is -3.40. The van der Waals surface area contributed by atoms with Gasteiger partial charge in [0, 0.05) is 28.7 Å². The van der Waals surface area contributed by atoms with Crippen LogP contribution >= 0.6 is 34.8 Å². The van der Waals surface area contributed by atoms with E-state index in [9.17, 15) is 22.8 Å². The molecule has 1 heterocycles. The first-order chi connectivity index (χ1) is 18.2. The van der Waals surface area contributed by atoms with Gasteiger partial charge in [0.2, 0.25) is 0 Å². The molecule has 0 bridgehead atoms. The van der Waals surface area contributed by atoms with Crippen molar-refractivity contribution in [1.82, 2.24) is 4.57 Å². The maximum absolute atomic E-state index is 13.7. The zero-order valence-electron chi connectivity index (χ0n) is 20.3. The second-order valence-electron chi connectivity index (χ2n) is 8.59. The van der Waals surface area contributed by atoms with Crippen LogP contribution in [0.15, 0.2) is 54.6 Å². The van der Waals surface area contributed by atoms with Crippen molar-refractivity contribution < 1.29 is 37.3 Å². The molecule has 4 rings (SSSR count). The third-order valence-electron chi connectivity index (χ3n) is 5.89. The van der Waals surface area contributed by atoms with E-state index in [1.54, 1.807) is 35.8 Å². The van der Waals surface area contributed by atoms with Crippen LogP contribution < -0.4 is 9.47 Å². The van der Waals surface area contributed by atoms with E-state index in [1.165, 1.54) is 31.2 Å². The van der Waals surface area contributed by atoms with E-state index in [-0.39, 0.29) is 44.0 Å². The van der Waals surface area contributed by atoms with Gasteiger partial charge in [0.05, 0.1) is 26.7 Å². The van der Waals surface area contributed by atoms with Gasteiger partial charge >= 0.3 is 12.3 Å². The molecule has 0 radical (unpaired) electrons. The van der Waals surface area contributed by atoms with Crippen molar-refractivity contribution in [2.75, 3.05) is 0 Å². The van der Waals surface area contributed by atoms with Gasteiger partial charge in [-0.1, -0.05) is 46.9 Å². The first-order valence-electron chi connectivity index (χ1n) is 11.3. The standard InChI is InChI=1S/C27H19Cl3F3NO5/c1-13-23(25(35)24-20(29)9-16(28)10-21(24)30)19-7-6-18(39-27(31,32)33)11-22(19)34(13)12-15-4-3-5-17(8-15)38-14(2)26(36)37/h3-11,14H,12H2,1-2H3,(H,36,37). The quantitative estimate of drug-likeness (QED) is 0.208. The Labute approximate surface area is 235 Å².